The Bertz CT molecular complexity index is 745. The zero-order valence-corrected chi connectivity index (χ0v) is 15.5. The molecule has 3 rings (SSSR count). The molecule has 0 radical (unpaired) electrons. The van der Waals surface area contributed by atoms with Gasteiger partial charge >= 0.3 is 159 Å². The van der Waals surface area contributed by atoms with Gasteiger partial charge in [0.15, 0.2) is 0 Å². The number of benzene rings is 2. The summed E-state index contributed by atoms with van der Waals surface area (Å²) in [6.45, 7) is 0.468. The molecule has 5 heteroatoms. The van der Waals surface area contributed by atoms with E-state index in [0.717, 1.165) is 25.7 Å². The first-order valence-corrected chi connectivity index (χ1v) is 9.42. The SMILES string of the molecule is O=C(c1ccccc1)N(CC1CCCCC1)c1ccc(F)[c]([Ti])c1F. The Balaban J connectivity index is 1.96. The Morgan fingerprint density at radius 2 is 1.72 bits per heavy atom. The standard InChI is InChI=1S/C20H20F2NO.Ti/c21-17-11-12-19(18(22)13-17)23(14-15-7-3-1-4-8-15)20(24)16-9-5-2-6-10-16;/h2,5-6,9-12,15H,1,3-4,7-8,14H2;. The molecule has 0 unspecified atom stereocenters. The van der Waals surface area contributed by atoms with Gasteiger partial charge in [-0.2, -0.15) is 0 Å². The molecule has 0 heterocycles. The van der Waals surface area contributed by atoms with Gasteiger partial charge in [0.05, 0.1) is 0 Å². The molecule has 1 fully saturated rings. The van der Waals surface area contributed by atoms with Gasteiger partial charge in [-0.1, -0.05) is 0 Å². The van der Waals surface area contributed by atoms with Crippen LogP contribution in [0.1, 0.15) is 42.5 Å². The van der Waals surface area contributed by atoms with E-state index in [1.54, 1.807) is 24.3 Å². The molecule has 0 bridgehead atoms. The molecular formula is C20H20F2NOTi. The quantitative estimate of drug-likeness (QED) is 0.726. The van der Waals surface area contributed by atoms with Crippen molar-refractivity contribution >= 4 is 15.5 Å². The van der Waals surface area contributed by atoms with Crippen molar-refractivity contribution in [3.05, 3.63) is 59.7 Å². The molecule has 0 aromatic heterocycles. The number of rotatable bonds is 4. The van der Waals surface area contributed by atoms with Gasteiger partial charge < -0.3 is 0 Å². The second-order valence-electron chi connectivity index (χ2n) is 6.54. The average Bonchev–Trinajstić information content (AvgIpc) is 2.66. The third-order valence-electron chi connectivity index (χ3n) is 4.79. The maximum atomic E-state index is 14.7. The number of carbonyl (C=O) groups is 1. The summed E-state index contributed by atoms with van der Waals surface area (Å²) in [4.78, 5) is 14.5. The van der Waals surface area contributed by atoms with Crippen LogP contribution >= 0.6 is 0 Å². The summed E-state index contributed by atoms with van der Waals surface area (Å²) < 4.78 is 28.3. The summed E-state index contributed by atoms with van der Waals surface area (Å²) in [5.41, 5.74) is 0.679. The molecule has 1 saturated carbocycles. The Kier molecular flexibility index (Phi) is 6.03. The fourth-order valence-corrected chi connectivity index (χ4v) is 3.74. The first-order chi connectivity index (χ1) is 12.1. The molecule has 0 atom stereocenters. The van der Waals surface area contributed by atoms with E-state index in [0.29, 0.717) is 18.0 Å². The second-order valence-corrected chi connectivity index (χ2v) is 7.32. The Morgan fingerprint density at radius 1 is 1.04 bits per heavy atom. The molecule has 1 aliphatic rings. The predicted molar refractivity (Wildman–Crippen MR) is 90.7 cm³/mol. The van der Waals surface area contributed by atoms with Crippen LogP contribution in [0.15, 0.2) is 42.5 Å². The zero-order valence-electron chi connectivity index (χ0n) is 14.0. The van der Waals surface area contributed by atoms with Crippen LogP contribution in [-0.2, 0) is 20.4 Å². The zero-order chi connectivity index (χ0) is 17.8. The first kappa shape index (κ1) is 18.3. The van der Waals surface area contributed by atoms with Crippen LogP contribution < -0.4 is 8.77 Å². The van der Waals surface area contributed by atoms with Crippen LogP contribution in [0.5, 0.6) is 0 Å². The van der Waals surface area contributed by atoms with Crippen molar-refractivity contribution in [1.82, 2.24) is 0 Å². The fraction of sp³-hybridized carbons (Fsp3) is 0.350. The van der Waals surface area contributed by atoms with Crippen molar-refractivity contribution in [1.29, 1.82) is 0 Å². The number of carbonyl (C=O) groups excluding carboxylic acids is 1. The molecule has 0 N–H and O–H groups in total. The van der Waals surface area contributed by atoms with Crippen LogP contribution in [0, 0.1) is 17.6 Å². The van der Waals surface area contributed by atoms with Gasteiger partial charge in [0.25, 0.3) is 0 Å². The van der Waals surface area contributed by atoms with E-state index in [9.17, 15) is 13.6 Å². The van der Waals surface area contributed by atoms with Crippen LogP contribution in [0.25, 0.3) is 0 Å². The average molecular weight is 376 g/mol. The normalized spacial score (nSPS) is 15.1. The van der Waals surface area contributed by atoms with E-state index in [1.807, 2.05) is 6.07 Å². The van der Waals surface area contributed by atoms with E-state index >= 15 is 0 Å². The summed E-state index contributed by atoms with van der Waals surface area (Å²) >= 11 is 1.40. The van der Waals surface area contributed by atoms with Crippen molar-refractivity contribution in [3.63, 3.8) is 0 Å². The van der Waals surface area contributed by atoms with Gasteiger partial charge in [-0.05, 0) is 0 Å². The van der Waals surface area contributed by atoms with Crippen molar-refractivity contribution in [3.8, 4) is 0 Å². The molecule has 1 amide bonds. The van der Waals surface area contributed by atoms with Crippen molar-refractivity contribution in [2.45, 2.75) is 32.1 Å². The number of anilines is 1. The third kappa shape index (κ3) is 4.18. The second kappa shape index (κ2) is 8.24. The first-order valence-electron chi connectivity index (χ1n) is 8.64. The number of halogens is 2. The minimum atomic E-state index is -0.653. The monoisotopic (exact) mass is 376 g/mol. The van der Waals surface area contributed by atoms with Crippen LogP contribution in [0.3, 0.4) is 0 Å². The number of amides is 1. The van der Waals surface area contributed by atoms with Crippen LogP contribution in [0.2, 0.25) is 0 Å². The summed E-state index contributed by atoms with van der Waals surface area (Å²) in [5, 5.41) is 0. The van der Waals surface area contributed by atoms with Crippen molar-refractivity contribution in [2.75, 3.05) is 11.4 Å². The van der Waals surface area contributed by atoms with Gasteiger partial charge in [0.1, 0.15) is 0 Å². The van der Waals surface area contributed by atoms with Crippen LogP contribution in [-0.4, -0.2) is 12.5 Å². The van der Waals surface area contributed by atoms with Gasteiger partial charge in [0, 0.05) is 0 Å². The fourth-order valence-electron chi connectivity index (χ4n) is 3.41. The Labute approximate surface area is 158 Å². The molecule has 0 aliphatic heterocycles. The van der Waals surface area contributed by atoms with Crippen LogP contribution in [0.4, 0.5) is 14.5 Å². The van der Waals surface area contributed by atoms with Gasteiger partial charge in [-0.15, -0.1) is 0 Å². The summed E-state index contributed by atoms with van der Waals surface area (Å²) in [7, 11) is 0. The van der Waals surface area contributed by atoms with E-state index in [-0.39, 0.29) is 15.5 Å². The van der Waals surface area contributed by atoms with E-state index < -0.39 is 11.6 Å². The van der Waals surface area contributed by atoms with Gasteiger partial charge in [-0.3, -0.25) is 0 Å². The number of nitrogens with zero attached hydrogens (tertiary/aromatic N) is 1. The van der Waals surface area contributed by atoms with Gasteiger partial charge in [-0.25, -0.2) is 0 Å². The van der Waals surface area contributed by atoms with E-state index in [2.05, 4.69) is 0 Å². The predicted octanol–water partition coefficient (Wildman–Crippen LogP) is 4.36. The van der Waals surface area contributed by atoms with Crippen molar-refractivity contribution < 1.29 is 34.0 Å². The molecule has 2 nitrogen and oxygen atoms in total. The summed E-state index contributed by atoms with van der Waals surface area (Å²) in [6, 6.07) is 11.5. The molecule has 1 aliphatic carbocycles. The van der Waals surface area contributed by atoms with Crippen molar-refractivity contribution in [2.24, 2.45) is 5.92 Å². The Morgan fingerprint density at radius 3 is 2.40 bits per heavy atom. The minimum absolute atomic E-state index is 0.0491. The molecule has 0 spiro atoms. The molecular weight excluding hydrogens is 356 g/mol. The van der Waals surface area contributed by atoms with E-state index in [1.165, 1.54) is 43.9 Å². The molecule has 2 aromatic rings. The number of hydrogen-bond donors (Lipinski definition) is 0. The number of hydrogen-bond acceptors (Lipinski definition) is 1. The van der Waals surface area contributed by atoms with E-state index in [4.69, 9.17) is 0 Å². The molecule has 0 saturated heterocycles. The Hall–Kier alpha value is -1.52. The third-order valence-corrected chi connectivity index (χ3v) is 5.51. The molecule has 129 valence electrons. The van der Waals surface area contributed by atoms with Gasteiger partial charge in [0.2, 0.25) is 0 Å². The molecule has 25 heavy (non-hydrogen) atoms. The topological polar surface area (TPSA) is 20.3 Å². The molecule has 2 aromatic carbocycles. The summed E-state index contributed by atoms with van der Waals surface area (Å²) in [6.07, 6.45) is 5.58. The maximum absolute atomic E-state index is 14.7. The summed E-state index contributed by atoms with van der Waals surface area (Å²) in [5.74, 6) is -1.13.